The van der Waals surface area contributed by atoms with Crippen LogP contribution >= 0.6 is 0 Å². The number of aliphatic hydroxyl groups excluding tert-OH is 1. The van der Waals surface area contributed by atoms with E-state index in [1.54, 1.807) is 24.3 Å². The van der Waals surface area contributed by atoms with Crippen LogP contribution in [0.15, 0.2) is 24.3 Å². The monoisotopic (exact) mass is 338 g/mol. The lowest BCUT2D eigenvalue weighted by Crippen LogP contribution is -2.55. The van der Waals surface area contributed by atoms with Gasteiger partial charge in [0.25, 0.3) is 6.04 Å². The Bertz CT molecular complexity index is 620. The smallest absolute Gasteiger partial charge is 0.251 e. The third-order valence-electron chi connectivity index (χ3n) is 4.90. The van der Waals surface area contributed by atoms with Crippen molar-refractivity contribution in [2.24, 2.45) is 11.8 Å². The van der Waals surface area contributed by atoms with E-state index in [1.165, 1.54) is 7.11 Å². The van der Waals surface area contributed by atoms with Gasteiger partial charge in [0.2, 0.25) is 6.04 Å². The normalized spacial score (nSPS) is 30.1. The summed E-state index contributed by atoms with van der Waals surface area (Å²) in [5.41, 5.74) is 0.446. The van der Waals surface area contributed by atoms with Gasteiger partial charge >= 0.3 is 0 Å². The zero-order valence-corrected chi connectivity index (χ0v) is 13.9. The maximum atomic E-state index is 11.8. The molecule has 0 saturated heterocycles. The van der Waals surface area contributed by atoms with Gasteiger partial charge in [-0.3, -0.25) is 20.2 Å². The predicted molar refractivity (Wildman–Crippen MR) is 86.3 cm³/mol. The van der Waals surface area contributed by atoms with E-state index in [-0.39, 0.29) is 12.3 Å². The van der Waals surface area contributed by atoms with Gasteiger partial charge in [0.15, 0.2) is 0 Å². The summed E-state index contributed by atoms with van der Waals surface area (Å²) in [7, 11) is 1.46. The zero-order valence-electron chi connectivity index (χ0n) is 13.9. The number of methoxy groups -OCH3 is 1. The zero-order chi connectivity index (χ0) is 18.0. The first-order valence-corrected chi connectivity index (χ1v) is 7.87. The van der Waals surface area contributed by atoms with Gasteiger partial charge in [0.05, 0.1) is 7.11 Å². The lowest BCUT2D eigenvalue weighted by Gasteiger charge is -2.38. The Labute approximate surface area is 139 Å². The number of nitro groups is 2. The van der Waals surface area contributed by atoms with E-state index in [4.69, 9.17) is 4.74 Å². The molecule has 1 N–H and O–H groups in total. The Kier molecular flexibility index (Phi) is 5.38. The minimum Gasteiger partial charge on any atom is -0.497 e. The van der Waals surface area contributed by atoms with E-state index in [9.17, 15) is 25.3 Å². The Morgan fingerprint density at radius 2 is 1.83 bits per heavy atom. The molecule has 1 aromatic carbocycles. The summed E-state index contributed by atoms with van der Waals surface area (Å²) >= 11 is 0. The number of rotatable bonds is 5. The van der Waals surface area contributed by atoms with E-state index in [1.807, 2.05) is 13.8 Å². The maximum absolute atomic E-state index is 11.8. The third-order valence-corrected chi connectivity index (χ3v) is 4.90. The standard InChI is InChI=1S/C16H22N2O6/c1-9(2)12-8-13(19)16(18(22)23)14(15(12)17(20)21)10-5-4-6-11(7-10)24-3/h4-7,9,12-16,19H,8H2,1-3H3/t12-,13+,14+,15+,16+/m0/s1. The van der Waals surface area contributed by atoms with Crippen LogP contribution in [0.25, 0.3) is 0 Å². The minimum atomic E-state index is -1.41. The molecule has 0 aromatic heterocycles. The van der Waals surface area contributed by atoms with Crippen LogP contribution in [0, 0.1) is 32.1 Å². The van der Waals surface area contributed by atoms with Crippen molar-refractivity contribution in [1.82, 2.24) is 0 Å². The fourth-order valence-electron chi connectivity index (χ4n) is 3.73. The molecule has 0 radical (unpaired) electrons. The first kappa shape index (κ1) is 18.1. The Hall–Kier alpha value is -2.22. The van der Waals surface area contributed by atoms with Gasteiger partial charge in [0.1, 0.15) is 17.8 Å². The topological polar surface area (TPSA) is 116 Å². The molecule has 24 heavy (non-hydrogen) atoms. The molecule has 0 unspecified atom stereocenters. The average Bonchev–Trinajstić information content (AvgIpc) is 2.52. The van der Waals surface area contributed by atoms with Crippen molar-refractivity contribution in [3.05, 3.63) is 50.1 Å². The third kappa shape index (κ3) is 3.33. The number of ether oxygens (including phenoxy) is 1. The van der Waals surface area contributed by atoms with E-state index in [0.717, 1.165) is 0 Å². The lowest BCUT2D eigenvalue weighted by atomic mass is 9.66. The van der Waals surface area contributed by atoms with Crippen LogP contribution in [0.2, 0.25) is 0 Å². The van der Waals surface area contributed by atoms with Gasteiger partial charge in [0, 0.05) is 15.8 Å². The van der Waals surface area contributed by atoms with Crippen molar-refractivity contribution in [3.8, 4) is 5.75 Å². The molecular weight excluding hydrogens is 316 g/mol. The van der Waals surface area contributed by atoms with Gasteiger partial charge in [-0.15, -0.1) is 0 Å². The van der Waals surface area contributed by atoms with Crippen molar-refractivity contribution >= 4 is 0 Å². The van der Waals surface area contributed by atoms with Crippen molar-refractivity contribution in [3.63, 3.8) is 0 Å². The molecule has 1 saturated carbocycles. The van der Waals surface area contributed by atoms with Crippen LogP contribution in [0.1, 0.15) is 31.7 Å². The summed E-state index contributed by atoms with van der Waals surface area (Å²) < 4.78 is 5.14. The molecule has 0 aliphatic heterocycles. The Morgan fingerprint density at radius 3 is 2.33 bits per heavy atom. The number of hydrogen-bond donors (Lipinski definition) is 1. The van der Waals surface area contributed by atoms with Gasteiger partial charge in [-0.1, -0.05) is 26.0 Å². The fraction of sp³-hybridized carbons (Fsp3) is 0.625. The molecule has 0 amide bonds. The average molecular weight is 338 g/mol. The Balaban J connectivity index is 2.59. The van der Waals surface area contributed by atoms with Crippen LogP contribution in [-0.2, 0) is 0 Å². The van der Waals surface area contributed by atoms with Gasteiger partial charge < -0.3 is 9.84 Å². The maximum Gasteiger partial charge on any atom is 0.251 e. The minimum absolute atomic E-state index is 0.0510. The molecule has 0 bridgehead atoms. The Morgan fingerprint density at radius 1 is 1.21 bits per heavy atom. The molecule has 1 aromatic rings. The summed E-state index contributed by atoms with van der Waals surface area (Å²) in [5.74, 6) is -1.06. The van der Waals surface area contributed by atoms with Crippen LogP contribution in [0.3, 0.4) is 0 Å². The van der Waals surface area contributed by atoms with Crippen molar-refractivity contribution in [2.45, 2.75) is 44.4 Å². The van der Waals surface area contributed by atoms with Crippen molar-refractivity contribution < 1.29 is 19.7 Å². The quantitative estimate of drug-likeness (QED) is 0.649. The number of hydrogen-bond acceptors (Lipinski definition) is 6. The van der Waals surface area contributed by atoms with Crippen molar-refractivity contribution in [2.75, 3.05) is 7.11 Å². The second-order valence-corrected chi connectivity index (χ2v) is 6.57. The SMILES string of the molecule is COc1cccc([C@H]2[C@H]([N+](=O)[O-])[C@H](O)C[C@@H](C(C)C)[C@H]2[N+](=O)[O-])c1. The molecule has 8 heteroatoms. The van der Waals surface area contributed by atoms with Crippen LogP contribution in [0.5, 0.6) is 5.75 Å². The van der Waals surface area contributed by atoms with E-state index in [2.05, 4.69) is 0 Å². The predicted octanol–water partition coefficient (Wildman–Crippen LogP) is 2.11. The van der Waals surface area contributed by atoms with E-state index >= 15 is 0 Å². The summed E-state index contributed by atoms with van der Waals surface area (Å²) in [6.07, 6.45) is -1.17. The molecule has 1 aliphatic rings. The van der Waals surface area contributed by atoms with Crippen LogP contribution < -0.4 is 4.74 Å². The molecule has 8 nitrogen and oxygen atoms in total. The number of benzene rings is 1. The van der Waals surface area contributed by atoms with Gasteiger partial charge in [-0.05, 0) is 30.0 Å². The highest BCUT2D eigenvalue weighted by atomic mass is 16.6. The molecule has 1 fully saturated rings. The van der Waals surface area contributed by atoms with Gasteiger partial charge in [-0.25, -0.2) is 0 Å². The molecule has 1 aliphatic carbocycles. The molecule has 2 rings (SSSR count). The molecule has 132 valence electrons. The van der Waals surface area contributed by atoms with Crippen molar-refractivity contribution in [1.29, 1.82) is 0 Å². The van der Waals surface area contributed by atoms with E-state index in [0.29, 0.717) is 11.3 Å². The highest BCUT2D eigenvalue weighted by molar-refractivity contribution is 5.33. The number of nitrogens with zero attached hydrogens (tertiary/aromatic N) is 2. The lowest BCUT2D eigenvalue weighted by molar-refractivity contribution is -0.589. The molecule has 0 spiro atoms. The van der Waals surface area contributed by atoms with Crippen LogP contribution in [0.4, 0.5) is 0 Å². The summed E-state index contributed by atoms with van der Waals surface area (Å²) in [5, 5.41) is 33.6. The summed E-state index contributed by atoms with van der Waals surface area (Å²) in [6, 6.07) is 3.97. The highest BCUT2D eigenvalue weighted by Crippen LogP contribution is 2.43. The second kappa shape index (κ2) is 7.12. The molecule has 0 heterocycles. The summed E-state index contributed by atoms with van der Waals surface area (Å²) in [6.45, 7) is 3.67. The van der Waals surface area contributed by atoms with E-state index < -0.39 is 39.9 Å². The largest absolute Gasteiger partial charge is 0.497 e. The first-order valence-electron chi connectivity index (χ1n) is 7.87. The second-order valence-electron chi connectivity index (χ2n) is 6.57. The van der Waals surface area contributed by atoms with Crippen LogP contribution in [-0.4, -0.2) is 40.3 Å². The molecule has 5 atom stereocenters. The summed E-state index contributed by atoms with van der Waals surface area (Å²) in [4.78, 5) is 22.3. The first-order chi connectivity index (χ1) is 11.3. The number of aliphatic hydroxyl groups is 1. The fourth-order valence-corrected chi connectivity index (χ4v) is 3.73. The molecular formula is C16H22N2O6. The highest BCUT2D eigenvalue weighted by Gasteiger charge is 2.57. The van der Waals surface area contributed by atoms with Gasteiger partial charge in [-0.2, -0.15) is 0 Å².